The SMILES string of the molecule is COc1ccc([C@@H](NC(=O)c2cc(C)nc3c2c(C)nn3C)C2CC2)cc1. The summed E-state index contributed by atoms with van der Waals surface area (Å²) in [5.74, 6) is 1.22. The molecule has 0 saturated heterocycles. The number of hydrogen-bond donors (Lipinski definition) is 1. The van der Waals surface area contributed by atoms with Crippen LogP contribution in [0.15, 0.2) is 30.3 Å². The summed E-state index contributed by atoms with van der Waals surface area (Å²) in [6.07, 6.45) is 2.27. The fourth-order valence-electron chi connectivity index (χ4n) is 3.68. The van der Waals surface area contributed by atoms with Gasteiger partial charge in [0.25, 0.3) is 5.91 Å². The largest absolute Gasteiger partial charge is 0.497 e. The fourth-order valence-corrected chi connectivity index (χ4v) is 3.68. The second-order valence-electron chi connectivity index (χ2n) is 7.28. The Bertz CT molecular complexity index is 1000. The molecule has 3 aromatic rings. The normalized spacial score (nSPS) is 15.0. The second-order valence-corrected chi connectivity index (χ2v) is 7.28. The standard InChI is InChI=1S/C21H24N4O2/c1-12-11-17(18-13(2)24-25(3)20(18)22-12)21(26)23-19(14-5-6-14)15-7-9-16(27-4)10-8-15/h7-11,14,19H,5-6H2,1-4H3,(H,23,26)/t19-/m0/s1. The number of fused-ring (bicyclic) bond motifs is 1. The average Bonchev–Trinajstić information content (AvgIpc) is 3.46. The molecule has 4 rings (SSSR count). The maximum Gasteiger partial charge on any atom is 0.252 e. The zero-order chi connectivity index (χ0) is 19.1. The molecule has 0 spiro atoms. The van der Waals surface area contributed by atoms with E-state index in [1.165, 1.54) is 0 Å². The van der Waals surface area contributed by atoms with E-state index in [0.717, 1.165) is 46.6 Å². The number of carbonyl (C=O) groups excluding carboxylic acids is 1. The molecule has 140 valence electrons. The first-order valence-electron chi connectivity index (χ1n) is 9.23. The number of aryl methyl sites for hydroxylation is 3. The van der Waals surface area contributed by atoms with Crippen LogP contribution in [0.4, 0.5) is 0 Å². The number of carbonyl (C=O) groups is 1. The number of hydrogen-bond acceptors (Lipinski definition) is 4. The van der Waals surface area contributed by atoms with Crippen molar-refractivity contribution in [3.05, 3.63) is 52.8 Å². The maximum atomic E-state index is 13.2. The van der Waals surface area contributed by atoms with Crippen LogP contribution in [0.1, 0.15) is 46.2 Å². The number of nitrogens with one attached hydrogen (secondary N) is 1. The lowest BCUT2D eigenvalue weighted by atomic mass is 10.0. The summed E-state index contributed by atoms with van der Waals surface area (Å²) in [4.78, 5) is 17.8. The smallest absolute Gasteiger partial charge is 0.252 e. The lowest BCUT2D eigenvalue weighted by Crippen LogP contribution is -2.30. The van der Waals surface area contributed by atoms with E-state index in [1.54, 1.807) is 11.8 Å². The molecular formula is C21H24N4O2. The molecule has 1 fully saturated rings. The molecular weight excluding hydrogens is 340 g/mol. The first-order chi connectivity index (χ1) is 13.0. The van der Waals surface area contributed by atoms with Crippen molar-refractivity contribution < 1.29 is 9.53 Å². The predicted octanol–water partition coefficient (Wildman–Crippen LogP) is 3.47. The Morgan fingerprint density at radius 1 is 1.26 bits per heavy atom. The van der Waals surface area contributed by atoms with Crippen LogP contribution in [-0.2, 0) is 7.05 Å². The molecule has 1 aliphatic carbocycles. The van der Waals surface area contributed by atoms with Crippen LogP contribution in [0.3, 0.4) is 0 Å². The molecule has 6 heteroatoms. The predicted molar refractivity (Wildman–Crippen MR) is 104 cm³/mol. The minimum Gasteiger partial charge on any atom is -0.497 e. The quantitative estimate of drug-likeness (QED) is 0.753. The number of aromatic nitrogens is 3. The Balaban J connectivity index is 1.68. The molecule has 1 N–H and O–H groups in total. The first-order valence-corrected chi connectivity index (χ1v) is 9.23. The molecule has 1 aliphatic rings. The summed E-state index contributed by atoms with van der Waals surface area (Å²) in [6, 6.07) is 9.80. The minimum absolute atomic E-state index is 0.00362. The highest BCUT2D eigenvalue weighted by atomic mass is 16.5. The van der Waals surface area contributed by atoms with Gasteiger partial charge in [-0.1, -0.05) is 12.1 Å². The van der Waals surface area contributed by atoms with Crippen molar-refractivity contribution in [2.24, 2.45) is 13.0 Å². The van der Waals surface area contributed by atoms with Gasteiger partial charge in [-0.2, -0.15) is 5.10 Å². The van der Waals surface area contributed by atoms with Crippen LogP contribution < -0.4 is 10.1 Å². The number of benzene rings is 1. The Morgan fingerprint density at radius 3 is 2.59 bits per heavy atom. The third kappa shape index (κ3) is 3.27. The van der Waals surface area contributed by atoms with Gasteiger partial charge in [0.2, 0.25) is 0 Å². The van der Waals surface area contributed by atoms with Crippen LogP contribution in [-0.4, -0.2) is 27.8 Å². The van der Waals surface area contributed by atoms with Gasteiger partial charge < -0.3 is 10.1 Å². The van der Waals surface area contributed by atoms with Crippen LogP contribution in [0.5, 0.6) is 5.75 Å². The van der Waals surface area contributed by atoms with Gasteiger partial charge in [-0.05, 0) is 56.4 Å². The molecule has 0 bridgehead atoms. The Labute approximate surface area is 158 Å². The van der Waals surface area contributed by atoms with Gasteiger partial charge in [0.05, 0.1) is 29.8 Å². The van der Waals surface area contributed by atoms with E-state index in [2.05, 4.69) is 15.4 Å². The molecule has 2 aromatic heterocycles. The highest BCUT2D eigenvalue weighted by molar-refractivity contribution is 6.06. The molecule has 27 heavy (non-hydrogen) atoms. The minimum atomic E-state index is -0.0747. The zero-order valence-corrected chi connectivity index (χ0v) is 16.1. The third-order valence-corrected chi connectivity index (χ3v) is 5.20. The number of nitrogens with zero attached hydrogens (tertiary/aromatic N) is 3. The van der Waals surface area contributed by atoms with E-state index < -0.39 is 0 Å². The lowest BCUT2D eigenvalue weighted by molar-refractivity contribution is 0.0933. The number of ether oxygens (including phenoxy) is 1. The van der Waals surface area contributed by atoms with Crippen molar-refractivity contribution in [3.8, 4) is 5.75 Å². The van der Waals surface area contributed by atoms with E-state index in [4.69, 9.17) is 4.74 Å². The van der Waals surface area contributed by atoms with E-state index in [-0.39, 0.29) is 11.9 Å². The monoisotopic (exact) mass is 364 g/mol. The Hall–Kier alpha value is -2.89. The number of methoxy groups -OCH3 is 1. The summed E-state index contributed by atoms with van der Waals surface area (Å²) >= 11 is 0. The van der Waals surface area contributed by atoms with Crippen LogP contribution in [0, 0.1) is 19.8 Å². The summed E-state index contributed by atoms with van der Waals surface area (Å²) in [6.45, 7) is 3.82. The summed E-state index contributed by atoms with van der Waals surface area (Å²) < 4.78 is 6.98. The van der Waals surface area contributed by atoms with Gasteiger partial charge >= 0.3 is 0 Å². The van der Waals surface area contributed by atoms with Gasteiger partial charge in [0.1, 0.15) is 5.75 Å². The number of amides is 1. The van der Waals surface area contributed by atoms with Gasteiger partial charge in [-0.15, -0.1) is 0 Å². The van der Waals surface area contributed by atoms with Gasteiger partial charge in [-0.25, -0.2) is 4.98 Å². The molecule has 2 heterocycles. The first kappa shape index (κ1) is 17.5. The number of rotatable bonds is 5. The second kappa shape index (κ2) is 6.68. The fraction of sp³-hybridized carbons (Fsp3) is 0.381. The highest BCUT2D eigenvalue weighted by Gasteiger charge is 2.34. The van der Waals surface area contributed by atoms with E-state index >= 15 is 0 Å². The van der Waals surface area contributed by atoms with Crippen molar-refractivity contribution in [1.82, 2.24) is 20.1 Å². The van der Waals surface area contributed by atoms with Crippen LogP contribution in [0.2, 0.25) is 0 Å². The van der Waals surface area contributed by atoms with Crippen LogP contribution >= 0.6 is 0 Å². The van der Waals surface area contributed by atoms with Gasteiger partial charge in [0.15, 0.2) is 5.65 Å². The van der Waals surface area contributed by atoms with Crippen molar-refractivity contribution in [3.63, 3.8) is 0 Å². The Kier molecular flexibility index (Phi) is 4.34. The zero-order valence-electron chi connectivity index (χ0n) is 16.1. The van der Waals surface area contributed by atoms with E-state index in [1.807, 2.05) is 51.2 Å². The molecule has 1 aromatic carbocycles. The maximum absolute atomic E-state index is 13.2. The third-order valence-electron chi connectivity index (χ3n) is 5.20. The summed E-state index contributed by atoms with van der Waals surface area (Å²) in [5, 5.41) is 8.52. The Morgan fingerprint density at radius 2 is 1.96 bits per heavy atom. The summed E-state index contributed by atoms with van der Waals surface area (Å²) in [5.41, 5.74) is 4.12. The van der Waals surface area contributed by atoms with Gasteiger partial charge in [-0.3, -0.25) is 9.48 Å². The van der Waals surface area contributed by atoms with Crippen LogP contribution in [0.25, 0.3) is 11.0 Å². The van der Waals surface area contributed by atoms with Gasteiger partial charge in [0, 0.05) is 12.7 Å². The highest BCUT2D eigenvalue weighted by Crippen LogP contribution is 2.41. The molecule has 6 nitrogen and oxygen atoms in total. The topological polar surface area (TPSA) is 69.0 Å². The van der Waals surface area contributed by atoms with E-state index in [0.29, 0.717) is 11.5 Å². The number of pyridine rings is 1. The van der Waals surface area contributed by atoms with Crippen molar-refractivity contribution in [2.75, 3.05) is 7.11 Å². The molecule has 1 atom stereocenters. The molecule has 1 amide bonds. The molecule has 0 unspecified atom stereocenters. The van der Waals surface area contributed by atoms with Crippen molar-refractivity contribution >= 4 is 16.9 Å². The van der Waals surface area contributed by atoms with Crippen molar-refractivity contribution in [1.29, 1.82) is 0 Å². The average molecular weight is 364 g/mol. The lowest BCUT2D eigenvalue weighted by Gasteiger charge is -2.19. The molecule has 1 saturated carbocycles. The van der Waals surface area contributed by atoms with Crippen molar-refractivity contribution in [2.45, 2.75) is 32.7 Å². The summed E-state index contributed by atoms with van der Waals surface area (Å²) in [7, 11) is 3.51. The molecule has 0 aliphatic heterocycles. The molecule has 0 radical (unpaired) electrons. The van der Waals surface area contributed by atoms with E-state index in [9.17, 15) is 4.79 Å².